The molecule has 0 atom stereocenters. The average molecular weight is 524 g/mol. The van der Waals surface area contributed by atoms with E-state index in [-0.39, 0.29) is 18.3 Å². The summed E-state index contributed by atoms with van der Waals surface area (Å²) >= 11 is 0. The molecule has 38 heavy (non-hydrogen) atoms. The van der Waals surface area contributed by atoms with Crippen LogP contribution in [0, 0.1) is 0 Å². The lowest BCUT2D eigenvalue weighted by atomic mass is 9.82. The van der Waals surface area contributed by atoms with E-state index in [0.29, 0.717) is 5.56 Å². The van der Waals surface area contributed by atoms with Crippen molar-refractivity contribution in [3.63, 3.8) is 0 Å². The zero-order valence-corrected chi connectivity index (χ0v) is 22.7. The van der Waals surface area contributed by atoms with Gasteiger partial charge in [-0.05, 0) is 57.0 Å². The first-order valence-corrected chi connectivity index (χ1v) is 13.4. The maximum atomic E-state index is 13.4. The summed E-state index contributed by atoms with van der Waals surface area (Å²) in [6.07, 6.45) is 2.84. The van der Waals surface area contributed by atoms with E-state index >= 15 is 0 Å². The number of anilines is 1. The van der Waals surface area contributed by atoms with Gasteiger partial charge in [0.25, 0.3) is 5.91 Å². The van der Waals surface area contributed by atoms with Gasteiger partial charge >= 0.3 is 0 Å². The fourth-order valence-electron chi connectivity index (χ4n) is 6.27. The number of hydrogen-bond donors (Lipinski definition) is 2. The van der Waals surface area contributed by atoms with E-state index in [2.05, 4.69) is 90.4 Å². The maximum Gasteiger partial charge on any atom is 0.251 e. The summed E-state index contributed by atoms with van der Waals surface area (Å²) in [6, 6.07) is 23.5. The number of carbonyl (C=O) groups excluding carboxylic acids is 1. The van der Waals surface area contributed by atoms with Crippen molar-refractivity contribution < 1.29 is 4.79 Å². The van der Waals surface area contributed by atoms with Gasteiger partial charge < -0.3 is 16.0 Å². The molecule has 3 N–H and O–H groups in total. The van der Waals surface area contributed by atoms with E-state index in [9.17, 15) is 4.79 Å². The molecule has 194 valence electrons. The lowest BCUT2D eigenvalue weighted by Crippen LogP contribution is -2.44. The van der Waals surface area contributed by atoms with Crippen LogP contribution >= 0.6 is 12.4 Å². The molecule has 0 radical (unpaired) electrons. The molecule has 4 nitrogen and oxygen atoms in total. The van der Waals surface area contributed by atoms with Crippen molar-refractivity contribution in [2.75, 3.05) is 31.1 Å². The Kier molecular flexibility index (Phi) is 7.29. The van der Waals surface area contributed by atoms with Gasteiger partial charge in [0.2, 0.25) is 0 Å². The van der Waals surface area contributed by atoms with Crippen molar-refractivity contribution in [3.8, 4) is 22.3 Å². The molecule has 1 heterocycles. The second-order valence-electron chi connectivity index (χ2n) is 10.1. The summed E-state index contributed by atoms with van der Waals surface area (Å²) in [5.41, 5.74) is 16.9. The highest BCUT2D eigenvalue weighted by atomic mass is 35.5. The van der Waals surface area contributed by atoms with Crippen LogP contribution in [0.2, 0.25) is 0 Å². The second kappa shape index (κ2) is 10.6. The number of nitrogens with one attached hydrogen (secondary N) is 1. The van der Waals surface area contributed by atoms with Crippen LogP contribution in [0.25, 0.3) is 38.6 Å². The van der Waals surface area contributed by atoms with E-state index in [0.717, 1.165) is 84.5 Å². The normalized spacial score (nSPS) is 14.2. The van der Waals surface area contributed by atoms with E-state index in [1.807, 2.05) is 0 Å². The maximum absolute atomic E-state index is 13.4. The number of nitrogens with two attached hydrogens (primary N) is 1. The summed E-state index contributed by atoms with van der Waals surface area (Å²) in [5.74, 6) is -0.354. The molecule has 1 fully saturated rings. The molecule has 1 aliphatic heterocycles. The third-order valence-corrected chi connectivity index (χ3v) is 7.92. The molecule has 0 saturated carbocycles. The van der Waals surface area contributed by atoms with Crippen LogP contribution in [-0.4, -0.2) is 32.1 Å². The third-order valence-electron chi connectivity index (χ3n) is 7.92. The Bertz CT molecular complexity index is 1550. The number of primary amides is 1. The molecule has 4 aromatic rings. The van der Waals surface area contributed by atoms with Gasteiger partial charge in [0.15, 0.2) is 0 Å². The average Bonchev–Trinajstić information content (AvgIpc) is 3.23. The lowest BCUT2D eigenvalue weighted by Gasteiger charge is -2.35. The molecule has 5 heteroatoms. The highest BCUT2D eigenvalue weighted by Gasteiger charge is 2.36. The van der Waals surface area contributed by atoms with Gasteiger partial charge in [-0.1, -0.05) is 86.7 Å². The van der Waals surface area contributed by atoms with Crippen LogP contribution in [0.1, 0.15) is 46.8 Å². The number of carbonyl (C=O) groups is 1. The number of benzene rings is 4. The molecule has 1 amide bonds. The standard InChI is InChI=1S/C33H33N3O.ClH/c1-3-4-12-27-28-21(2)23-13-7-8-15-25(23)29(28)30(26-16-9-11-22-10-5-6-14-24(22)26)32(31(27)33(34)37)36-19-17-35-18-20-36;/h5-11,13-16,35H,2-4,12,17-20H2,1H3,(H2,34,37);1H. The summed E-state index contributed by atoms with van der Waals surface area (Å²) in [6.45, 7) is 10.2. The third kappa shape index (κ3) is 4.09. The van der Waals surface area contributed by atoms with Crippen molar-refractivity contribution in [1.29, 1.82) is 0 Å². The number of halogens is 1. The number of fused-ring (bicyclic) bond motifs is 4. The van der Waals surface area contributed by atoms with Crippen molar-refractivity contribution in [2.45, 2.75) is 26.2 Å². The number of rotatable bonds is 6. The Hall–Kier alpha value is -3.60. The van der Waals surface area contributed by atoms with Gasteiger partial charge in [0.1, 0.15) is 0 Å². The monoisotopic (exact) mass is 523 g/mol. The number of piperazine rings is 1. The topological polar surface area (TPSA) is 58.4 Å². The van der Waals surface area contributed by atoms with Gasteiger partial charge in [0.05, 0.1) is 11.3 Å². The van der Waals surface area contributed by atoms with Gasteiger partial charge in [0, 0.05) is 37.3 Å². The zero-order chi connectivity index (χ0) is 25.5. The minimum atomic E-state index is -0.354. The van der Waals surface area contributed by atoms with Gasteiger partial charge in [-0.2, -0.15) is 0 Å². The van der Waals surface area contributed by atoms with Crippen LogP contribution < -0.4 is 16.0 Å². The van der Waals surface area contributed by atoms with Crippen molar-refractivity contribution in [2.24, 2.45) is 5.73 Å². The van der Waals surface area contributed by atoms with Crippen molar-refractivity contribution >= 4 is 40.3 Å². The summed E-state index contributed by atoms with van der Waals surface area (Å²) < 4.78 is 0. The van der Waals surface area contributed by atoms with Crippen LogP contribution in [0.4, 0.5) is 5.69 Å². The Balaban J connectivity index is 0.00000294. The molecular weight excluding hydrogens is 490 g/mol. The first-order chi connectivity index (χ1) is 18.1. The number of unbranched alkanes of at least 4 members (excludes halogenated alkanes) is 1. The minimum Gasteiger partial charge on any atom is -0.368 e. The number of amides is 1. The van der Waals surface area contributed by atoms with Crippen LogP contribution in [-0.2, 0) is 6.42 Å². The SMILES string of the molecule is C=C1c2ccccc2-c2c1c(CCCC)c(C(N)=O)c(N1CCNCC1)c2-c1cccc2ccccc12.Cl. The molecule has 6 rings (SSSR count). The Morgan fingerprint density at radius 2 is 1.55 bits per heavy atom. The molecular formula is C33H34ClN3O. The Labute approximate surface area is 231 Å². The molecule has 0 spiro atoms. The molecule has 4 aromatic carbocycles. The van der Waals surface area contributed by atoms with Crippen LogP contribution in [0.3, 0.4) is 0 Å². The Morgan fingerprint density at radius 3 is 2.29 bits per heavy atom. The second-order valence-corrected chi connectivity index (χ2v) is 10.1. The molecule has 1 saturated heterocycles. The number of hydrogen-bond acceptors (Lipinski definition) is 3. The minimum absolute atomic E-state index is 0. The van der Waals surface area contributed by atoms with E-state index in [4.69, 9.17) is 5.73 Å². The molecule has 1 aliphatic carbocycles. The van der Waals surface area contributed by atoms with E-state index in [1.165, 1.54) is 21.9 Å². The van der Waals surface area contributed by atoms with Crippen molar-refractivity contribution in [3.05, 3.63) is 95.6 Å². The van der Waals surface area contributed by atoms with E-state index in [1.54, 1.807) is 0 Å². The predicted octanol–water partition coefficient (Wildman–Crippen LogP) is 6.82. The fourth-order valence-corrected chi connectivity index (χ4v) is 6.27. The molecule has 0 unspecified atom stereocenters. The van der Waals surface area contributed by atoms with Gasteiger partial charge in [-0.25, -0.2) is 0 Å². The van der Waals surface area contributed by atoms with Crippen molar-refractivity contribution in [1.82, 2.24) is 5.32 Å². The smallest absolute Gasteiger partial charge is 0.251 e. The fraction of sp³-hybridized carbons (Fsp3) is 0.242. The molecule has 2 aliphatic rings. The highest BCUT2D eigenvalue weighted by molar-refractivity contribution is 6.18. The highest BCUT2D eigenvalue weighted by Crippen LogP contribution is 2.55. The molecule has 0 aromatic heterocycles. The van der Waals surface area contributed by atoms with Crippen LogP contribution in [0.5, 0.6) is 0 Å². The quantitative estimate of drug-likeness (QED) is 0.257. The van der Waals surface area contributed by atoms with Crippen LogP contribution in [0.15, 0.2) is 73.3 Å². The zero-order valence-electron chi connectivity index (χ0n) is 21.8. The summed E-state index contributed by atoms with van der Waals surface area (Å²) in [5, 5.41) is 5.83. The first-order valence-electron chi connectivity index (χ1n) is 13.4. The molecule has 0 bridgehead atoms. The lowest BCUT2D eigenvalue weighted by molar-refractivity contribution is 0.0999. The first kappa shape index (κ1) is 26.0. The summed E-state index contributed by atoms with van der Waals surface area (Å²) in [4.78, 5) is 15.8. The van der Waals surface area contributed by atoms with Gasteiger partial charge in [-0.3, -0.25) is 4.79 Å². The Morgan fingerprint density at radius 1 is 0.895 bits per heavy atom. The van der Waals surface area contributed by atoms with E-state index < -0.39 is 0 Å². The largest absolute Gasteiger partial charge is 0.368 e. The van der Waals surface area contributed by atoms with Gasteiger partial charge in [-0.15, -0.1) is 12.4 Å². The number of nitrogens with zero attached hydrogens (tertiary/aromatic N) is 1. The summed E-state index contributed by atoms with van der Waals surface area (Å²) in [7, 11) is 0. The predicted molar refractivity (Wildman–Crippen MR) is 162 cm³/mol.